The third-order valence-corrected chi connectivity index (χ3v) is 3.17. The zero-order valence-electron chi connectivity index (χ0n) is 9.77. The van der Waals surface area contributed by atoms with Crippen molar-refractivity contribution in [2.24, 2.45) is 0 Å². The maximum absolute atomic E-state index is 4.46. The highest BCUT2D eigenvalue weighted by Gasteiger charge is 2.23. The number of rotatable bonds is 2. The first-order valence-corrected chi connectivity index (χ1v) is 5.51. The molecule has 82 valence electrons. The Balaban J connectivity index is 2.07. The summed E-state index contributed by atoms with van der Waals surface area (Å²) < 4.78 is 0. The Bertz CT molecular complexity index is 320. The molecule has 0 bridgehead atoms. The van der Waals surface area contributed by atoms with Crippen molar-refractivity contribution in [3.05, 3.63) is 23.9 Å². The van der Waals surface area contributed by atoms with Crippen LogP contribution in [0.4, 0.5) is 5.82 Å². The van der Waals surface area contributed by atoms with Crippen molar-refractivity contribution in [1.82, 2.24) is 9.88 Å². The molecule has 0 aromatic carbocycles. The molecule has 15 heavy (non-hydrogen) atoms. The molecular weight excluding hydrogens is 186 g/mol. The molecule has 0 radical (unpaired) electrons. The SMILES string of the molecule is Cc1ccc(N(C)C2CCN(C)C2)nc1. The number of hydrogen-bond acceptors (Lipinski definition) is 3. The van der Waals surface area contributed by atoms with E-state index >= 15 is 0 Å². The lowest BCUT2D eigenvalue weighted by atomic mass is 10.2. The van der Waals surface area contributed by atoms with Crippen LogP contribution in [0.25, 0.3) is 0 Å². The summed E-state index contributed by atoms with van der Waals surface area (Å²) in [5.74, 6) is 1.08. The molecule has 0 spiro atoms. The van der Waals surface area contributed by atoms with Crippen LogP contribution in [0.15, 0.2) is 18.3 Å². The quantitative estimate of drug-likeness (QED) is 0.730. The lowest BCUT2D eigenvalue weighted by molar-refractivity contribution is 0.409. The van der Waals surface area contributed by atoms with E-state index in [1.165, 1.54) is 18.5 Å². The van der Waals surface area contributed by atoms with Gasteiger partial charge < -0.3 is 9.80 Å². The summed E-state index contributed by atoms with van der Waals surface area (Å²) in [5.41, 5.74) is 1.22. The van der Waals surface area contributed by atoms with Gasteiger partial charge in [-0.25, -0.2) is 4.98 Å². The lowest BCUT2D eigenvalue weighted by Crippen LogP contribution is -2.34. The Morgan fingerprint density at radius 1 is 1.47 bits per heavy atom. The molecule has 1 aliphatic rings. The van der Waals surface area contributed by atoms with Crippen molar-refractivity contribution in [3.63, 3.8) is 0 Å². The largest absolute Gasteiger partial charge is 0.355 e. The van der Waals surface area contributed by atoms with Crippen LogP contribution >= 0.6 is 0 Å². The van der Waals surface area contributed by atoms with Crippen molar-refractivity contribution in [1.29, 1.82) is 0 Å². The number of anilines is 1. The van der Waals surface area contributed by atoms with Crippen molar-refractivity contribution in [2.45, 2.75) is 19.4 Å². The average Bonchev–Trinajstić information content (AvgIpc) is 2.65. The first-order valence-electron chi connectivity index (χ1n) is 5.51. The zero-order valence-corrected chi connectivity index (χ0v) is 9.77. The predicted octanol–water partition coefficient (Wildman–Crippen LogP) is 1.53. The van der Waals surface area contributed by atoms with Crippen LogP contribution in [0.1, 0.15) is 12.0 Å². The second-order valence-electron chi connectivity index (χ2n) is 4.51. The van der Waals surface area contributed by atoms with Crippen molar-refractivity contribution < 1.29 is 0 Å². The molecule has 3 nitrogen and oxygen atoms in total. The van der Waals surface area contributed by atoms with Crippen LogP contribution in [0.2, 0.25) is 0 Å². The molecule has 1 atom stereocenters. The van der Waals surface area contributed by atoms with E-state index in [0.29, 0.717) is 6.04 Å². The third-order valence-electron chi connectivity index (χ3n) is 3.17. The highest BCUT2D eigenvalue weighted by Crippen LogP contribution is 2.18. The topological polar surface area (TPSA) is 19.4 Å². The highest BCUT2D eigenvalue weighted by molar-refractivity contribution is 5.39. The number of likely N-dealkylation sites (N-methyl/N-ethyl adjacent to an activating group) is 2. The molecule has 2 rings (SSSR count). The van der Waals surface area contributed by atoms with E-state index in [9.17, 15) is 0 Å². The fourth-order valence-corrected chi connectivity index (χ4v) is 2.08. The molecule has 1 aliphatic heterocycles. The van der Waals surface area contributed by atoms with Gasteiger partial charge in [-0.1, -0.05) is 6.07 Å². The van der Waals surface area contributed by atoms with E-state index in [1.807, 2.05) is 6.20 Å². The van der Waals surface area contributed by atoms with Gasteiger partial charge in [0.15, 0.2) is 0 Å². The van der Waals surface area contributed by atoms with E-state index in [0.717, 1.165) is 12.4 Å². The molecule has 0 aliphatic carbocycles. The Morgan fingerprint density at radius 2 is 2.27 bits per heavy atom. The van der Waals surface area contributed by atoms with E-state index in [1.54, 1.807) is 0 Å². The van der Waals surface area contributed by atoms with Gasteiger partial charge in [0.25, 0.3) is 0 Å². The molecule has 1 aromatic heterocycles. The van der Waals surface area contributed by atoms with Crippen LogP contribution in [0.5, 0.6) is 0 Å². The summed E-state index contributed by atoms with van der Waals surface area (Å²) in [6, 6.07) is 4.84. The van der Waals surface area contributed by atoms with Crippen LogP contribution in [0, 0.1) is 6.92 Å². The first-order chi connectivity index (χ1) is 7.16. The number of likely N-dealkylation sites (tertiary alicyclic amines) is 1. The summed E-state index contributed by atoms with van der Waals surface area (Å²) in [7, 11) is 4.32. The lowest BCUT2D eigenvalue weighted by Gasteiger charge is -2.25. The van der Waals surface area contributed by atoms with E-state index < -0.39 is 0 Å². The molecule has 1 aromatic rings. The molecule has 0 amide bonds. The fourth-order valence-electron chi connectivity index (χ4n) is 2.08. The Kier molecular flexibility index (Phi) is 2.91. The van der Waals surface area contributed by atoms with Crippen molar-refractivity contribution in [2.75, 3.05) is 32.1 Å². The summed E-state index contributed by atoms with van der Waals surface area (Å²) in [4.78, 5) is 9.12. The standard InChI is InChI=1S/C12H19N3/c1-10-4-5-12(13-8-10)15(3)11-6-7-14(2)9-11/h4-5,8,11H,6-7,9H2,1-3H3. The fraction of sp³-hybridized carbons (Fsp3) is 0.583. The van der Waals surface area contributed by atoms with Crippen LogP contribution < -0.4 is 4.90 Å². The van der Waals surface area contributed by atoms with Crippen molar-refractivity contribution in [3.8, 4) is 0 Å². The summed E-state index contributed by atoms with van der Waals surface area (Å²) >= 11 is 0. The van der Waals surface area contributed by atoms with Gasteiger partial charge in [-0.15, -0.1) is 0 Å². The Labute approximate surface area is 91.7 Å². The Morgan fingerprint density at radius 3 is 2.80 bits per heavy atom. The van der Waals surface area contributed by atoms with Gasteiger partial charge in [-0.05, 0) is 38.6 Å². The normalized spacial score (nSPS) is 21.9. The third kappa shape index (κ3) is 2.29. The molecule has 0 N–H and O–H groups in total. The second kappa shape index (κ2) is 4.19. The van der Waals surface area contributed by atoms with Gasteiger partial charge >= 0.3 is 0 Å². The maximum atomic E-state index is 4.46. The monoisotopic (exact) mass is 205 g/mol. The van der Waals surface area contributed by atoms with Crippen LogP contribution in [-0.2, 0) is 0 Å². The molecular formula is C12H19N3. The van der Waals surface area contributed by atoms with Crippen LogP contribution in [0.3, 0.4) is 0 Å². The highest BCUT2D eigenvalue weighted by atomic mass is 15.3. The molecule has 1 saturated heterocycles. The molecule has 1 fully saturated rings. The minimum absolute atomic E-state index is 0.616. The Hall–Kier alpha value is -1.09. The first kappa shape index (κ1) is 10.4. The smallest absolute Gasteiger partial charge is 0.128 e. The number of hydrogen-bond donors (Lipinski definition) is 0. The summed E-state index contributed by atoms with van der Waals surface area (Å²) in [5, 5.41) is 0. The van der Waals surface area contributed by atoms with Gasteiger partial charge in [0.2, 0.25) is 0 Å². The predicted molar refractivity (Wildman–Crippen MR) is 63.3 cm³/mol. The maximum Gasteiger partial charge on any atom is 0.128 e. The minimum atomic E-state index is 0.616. The van der Waals surface area contributed by atoms with Gasteiger partial charge in [-0.2, -0.15) is 0 Å². The second-order valence-corrected chi connectivity index (χ2v) is 4.51. The number of aryl methyl sites for hydroxylation is 1. The number of pyridine rings is 1. The van der Waals surface area contributed by atoms with Crippen molar-refractivity contribution >= 4 is 5.82 Å². The van der Waals surface area contributed by atoms with Gasteiger partial charge in [0.1, 0.15) is 5.82 Å². The van der Waals surface area contributed by atoms with E-state index in [2.05, 4.69) is 47.9 Å². The minimum Gasteiger partial charge on any atom is -0.355 e. The van der Waals surface area contributed by atoms with Crippen LogP contribution in [-0.4, -0.2) is 43.1 Å². The van der Waals surface area contributed by atoms with Gasteiger partial charge in [0, 0.05) is 25.8 Å². The molecule has 0 saturated carbocycles. The summed E-state index contributed by atoms with van der Waals surface area (Å²) in [6.45, 7) is 4.41. The zero-order chi connectivity index (χ0) is 10.8. The average molecular weight is 205 g/mol. The number of aromatic nitrogens is 1. The van der Waals surface area contributed by atoms with Gasteiger partial charge in [-0.3, -0.25) is 0 Å². The number of nitrogens with zero attached hydrogens (tertiary/aromatic N) is 3. The van der Waals surface area contributed by atoms with E-state index in [4.69, 9.17) is 0 Å². The molecule has 1 unspecified atom stereocenters. The van der Waals surface area contributed by atoms with Gasteiger partial charge in [0.05, 0.1) is 0 Å². The molecule has 3 heteroatoms. The van der Waals surface area contributed by atoms with E-state index in [-0.39, 0.29) is 0 Å². The molecule has 2 heterocycles. The summed E-state index contributed by atoms with van der Waals surface area (Å²) in [6.07, 6.45) is 3.17.